The molecule has 0 bridgehead atoms. The molecule has 2 amide bonds. The smallest absolute Gasteiger partial charge is 0.409 e. The summed E-state index contributed by atoms with van der Waals surface area (Å²) in [6, 6.07) is 1.80. The molecule has 0 aliphatic carbocycles. The minimum absolute atomic E-state index is 0.0501. The van der Waals surface area contributed by atoms with Gasteiger partial charge in [-0.3, -0.25) is 4.79 Å². The first kappa shape index (κ1) is 17.4. The van der Waals surface area contributed by atoms with Crippen LogP contribution in [0.5, 0.6) is 0 Å². The molecule has 2 saturated heterocycles. The van der Waals surface area contributed by atoms with E-state index in [0.29, 0.717) is 32.8 Å². The second kappa shape index (κ2) is 8.13. The fraction of sp³-hybridized carbons (Fsp3) is 0.647. The van der Waals surface area contributed by atoms with Crippen LogP contribution in [0, 0.1) is 5.92 Å². The van der Waals surface area contributed by atoms with Crippen molar-refractivity contribution in [2.75, 3.05) is 50.8 Å². The molecule has 0 saturated carbocycles. The number of rotatable bonds is 3. The van der Waals surface area contributed by atoms with Crippen molar-refractivity contribution >= 4 is 17.9 Å². The fourth-order valence-electron chi connectivity index (χ4n) is 3.36. The molecular formula is C17H25N5O3. The van der Waals surface area contributed by atoms with Crippen molar-refractivity contribution < 1.29 is 14.3 Å². The SMILES string of the molecule is CCOC(=O)N1CCN(C(=O)C2CCN(c3ncccn3)CC2)CC1. The summed E-state index contributed by atoms with van der Waals surface area (Å²) in [5.74, 6) is 0.989. The van der Waals surface area contributed by atoms with E-state index in [1.54, 1.807) is 30.3 Å². The molecule has 8 heteroatoms. The molecule has 0 N–H and O–H groups in total. The molecule has 0 atom stereocenters. The van der Waals surface area contributed by atoms with Gasteiger partial charge in [-0.15, -0.1) is 0 Å². The van der Waals surface area contributed by atoms with Gasteiger partial charge in [-0.2, -0.15) is 0 Å². The molecule has 0 aromatic carbocycles. The zero-order chi connectivity index (χ0) is 17.6. The third kappa shape index (κ3) is 4.18. The van der Waals surface area contributed by atoms with Crippen LogP contribution in [0.2, 0.25) is 0 Å². The highest BCUT2D eigenvalue weighted by atomic mass is 16.6. The molecule has 3 heterocycles. The number of piperazine rings is 1. The standard InChI is InChI=1S/C17H25N5O3/c1-2-25-17(24)22-12-10-20(11-13-22)15(23)14-4-8-21(9-5-14)16-18-6-3-7-19-16/h3,6-7,14H,2,4-5,8-13H2,1H3. The summed E-state index contributed by atoms with van der Waals surface area (Å²) < 4.78 is 5.01. The maximum atomic E-state index is 12.7. The minimum Gasteiger partial charge on any atom is -0.450 e. The van der Waals surface area contributed by atoms with Gasteiger partial charge in [0.1, 0.15) is 0 Å². The predicted octanol–water partition coefficient (Wildman–Crippen LogP) is 0.994. The number of ether oxygens (including phenoxy) is 1. The molecule has 0 unspecified atom stereocenters. The van der Waals surface area contributed by atoms with Crippen molar-refractivity contribution in [1.82, 2.24) is 19.8 Å². The van der Waals surface area contributed by atoms with E-state index in [-0.39, 0.29) is 17.9 Å². The van der Waals surface area contributed by atoms with E-state index in [2.05, 4.69) is 14.9 Å². The van der Waals surface area contributed by atoms with E-state index in [1.807, 2.05) is 4.90 Å². The van der Waals surface area contributed by atoms with Crippen molar-refractivity contribution in [2.24, 2.45) is 5.92 Å². The van der Waals surface area contributed by atoms with E-state index < -0.39 is 0 Å². The molecule has 25 heavy (non-hydrogen) atoms. The molecule has 3 rings (SSSR count). The highest BCUT2D eigenvalue weighted by Crippen LogP contribution is 2.22. The molecule has 1 aromatic rings. The van der Waals surface area contributed by atoms with E-state index >= 15 is 0 Å². The summed E-state index contributed by atoms with van der Waals surface area (Å²) in [5, 5.41) is 0. The normalized spacial score (nSPS) is 19.0. The summed E-state index contributed by atoms with van der Waals surface area (Å²) in [6.07, 6.45) is 4.82. The summed E-state index contributed by atoms with van der Waals surface area (Å²) in [6.45, 7) is 6.01. The first-order valence-electron chi connectivity index (χ1n) is 8.91. The first-order chi connectivity index (χ1) is 12.2. The second-order valence-electron chi connectivity index (χ2n) is 6.32. The predicted molar refractivity (Wildman–Crippen MR) is 92.1 cm³/mol. The van der Waals surface area contributed by atoms with Crippen molar-refractivity contribution in [3.8, 4) is 0 Å². The number of nitrogens with zero attached hydrogens (tertiary/aromatic N) is 5. The third-order valence-corrected chi connectivity index (χ3v) is 4.80. The van der Waals surface area contributed by atoms with Crippen LogP contribution in [0.25, 0.3) is 0 Å². The van der Waals surface area contributed by atoms with Crippen LogP contribution in [0.4, 0.5) is 10.7 Å². The highest BCUT2D eigenvalue weighted by Gasteiger charge is 2.32. The van der Waals surface area contributed by atoms with Gasteiger partial charge in [0.25, 0.3) is 0 Å². The molecule has 0 spiro atoms. The van der Waals surface area contributed by atoms with E-state index in [0.717, 1.165) is 31.9 Å². The molecular weight excluding hydrogens is 322 g/mol. The second-order valence-corrected chi connectivity index (χ2v) is 6.32. The average molecular weight is 347 g/mol. The largest absolute Gasteiger partial charge is 0.450 e. The number of aromatic nitrogens is 2. The number of anilines is 1. The van der Waals surface area contributed by atoms with Gasteiger partial charge in [-0.25, -0.2) is 14.8 Å². The van der Waals surface area contributed by atoms with Gasteiger partial charge in [-0.05, 0) is 25.8 Å². The van der Waals surface area contributed by atoms with Gasteiger partial charge in [0.05, 0.1) is 6.61 Å². The molecule has 2 aliphatic heterocycles. The van der Waals surface area contributed by atoms with E-state index in [4.69, 9.17) is 4.74 Å². The topological polar surface area (TPSA) is 78.9 Å². The Hall–Kier alpha value is -2.38. The Balaban J connectivity index is 1.46. The number of hydrogen-bond donors (Lipinski definition) is 0. The van der Waals surface area contributed by atoms with Gasteiger partial charge in [0.2, 0.25) is 11.9 Å². The first-order valence-corrected chi connectivity index (χ1v) is 8.91. The number of amides is 2. The lowest BCUT2D eigenvalue weighted by molar-refractivity contribution is -0.137. The Morgan fingerprint density at radius 3 is 2.24 bits per heavy atom. The Kier molecular flexibility index (Phi) is 5.67. The van der Waals surface area contributed by atoms with Crippen LogP contribution in [0.1, 0.15) is 19.8 Å². The Bertz CT molecular complexity index is 581. The summed E-state index contributed by atoms with van der Waals surface area (Å²) in [4.78, 5) is 38.7. The van der Waals surface area contributed by atoms with Crippen LogP contribution in [0.3, 0.4) is 0 Å². The van der Waals surface area contributed by atoms with E-state index in [9.17, 15) is 9.59 Å². The Labute approximate surface area is 147 Å². The van der Waals surface area contributed by atoms with Crippen molar-refractivity contribution in [2.45, 2.75) is 19.8 Å². The van der Waals surface area contributed by atoms with Crippen molar-refractivity contribution in [1.29, 1.82) is 0 Å². The molecule has 2 fully saturated rings. The Morgan fingerprint density at radius 2 is 1.64 bits per heavy atom. The third-order valence-electron chi connectivity index (χ3n) is 4.80. The fourth-order valence-corrected chi connectivity index (χ4v) is 3.36. The van der Waals surface area contributed by atoms with Crippen molar-refractivity contribution in [3.63, 3.8) is 0 Å². The molecule has 136 valence electrons. The summed E-state index contributed by atoms with van der Waals surface area (Å²) >= 11 is 0. The summed E-state index contributed by atoms with van der Waals surface area (Å²) in [5.41, 5.74) is 0. The maximum Gasteiger partial charge on any atom is 0.409 e. The van der Waals surface area contributed by atoms with Gasteiger partial charge in [-0.1, -0.05) is 0 Å². The number of hydrogen-bond acceptors (Lipinski definition) is 6. The zero-order valence-electron chi connectivity index (χ0n) is 14.6. The van der Waals surface area contributed by atoms with Crippen LogP contribution in [-0.4, -0.2) is 77.6 Å². The maximum absolute atomic E-state index is 12.7. The quantitative estimate of drug-likeness (QED) is 0.811. The number of carbonyl (C=O) groups is 2. The number of carbonyl (C=O) groups excluding carboxylic acids is 2. The van der Waals surface area contributed by atoms with Gasteiger partial charge in [0, 0.05) is 57.6 Å². The van der Waals surface area contributed by atoms with Gasteiger partial charge in [0.15, 0.2) is 0 Å². The van der Waals surface area contributed by atoms with E-state index in [1.165, 1.54) is 0 Å². The molecule has 1 aromatic heterocycles. The lowest BCUT2D eigenvalue weighted by atomic mass is 9.95. The van der Waals surface area contributed by atoms with Crippen LogP contribution in [0.15, 0.2) is 18.5 Å². The van der Waals surface area contributed by atoms with Crippen molar-refractivity contribution in [3.05, 3.63) is 18.5 Å². The van der Waals surface area contributed by atoms with Crippen LogP contribution in [-0.2, 0) is 9.53 Å². The molecule has 2 aliphatic rings. The summed E-state index contributed by atoms with van der Waals surface area (Å²) in [7, 11) is 0. The lowest BCUT2D eigenvalue weighted by Gasteiger charge is -2.38. The lowest BCUT2D eigenvalue weighted by Crippen LogP contribution is -2.53. The zero-order valence-corrected chi connectivity index (χ0v) is 14.6. The monoisotopic (exact) mass is 347 g/mol. The average Bonchev–Trinajstić information content (AvgIpc) is 2.68. The number of piperidine rings is 1. The Morgan fingerprint density at radius 1 is 1.04 bits per heavy atom. The minimum atomic E-state index is -0.286. The van der Waals surface area contributed by atoms with Crippen LogP contribution < -0.4 is 4.90 Å². The highest BCUT2D eigenvalue weighted by molar-refractivity contribution is 5.79. The van der Waals surface area contributed by atoms with Gasteiger partial charge >= 0.3 is 6.09 Å². The molecule has 8 nitrogen and oxygen atoms in total. The van der Waals surface area contributed by atoms with Crippen LogP contribution >= 0.6 is 0 Å². The molecule has 0 radical (unpaired) electrons. The van der Waals surface area contributed by atoms with Gasteiger partial charge < -0.3 is 19.4 Å².